The molecule has 0 radical (unpaired) electrons. The molecule has 0 saturated carbocycles. The number of carbonyl (C=O) groups excluding carboxylic acids is 1. The van der Waals surface area contributed by atoms with E-state index in [4.69, 9.17) is 4.74 Å². The quantitative estimate of drug-likeness (QED) is 0.731. The fourth-order valence-corrected chi connectivity index (χ4v) is 1.92. The van der Waals surface area contributed by atoms with Crippen molar-refractivity contribution in [1.29, 1.82) is 0 Å². The molecule has 1 fully saturated rings. The third kappa shape index (κ3) is 3.19. The van der Waals surface area contributed by atoms with Crippen molar-refractivity contribution in [1.82, 2.24) is 10.6 Å². The normalized spacial score (nSPS) is 28.8. The van der Waals surface area contributed by atoms with Crippen LogP contribution in [-0.4, -0.2) is 38.3 Å². The van der Waals surface area contributed by atoms with Crippen LogP contribution in [0.3, 0.4) is 0 Å². The van der Waals surface area contributed by atoms with Crippen LogP contribution in [0.15, 0.2) is 0 Å². The third-order valence-corrected chi connectivity index (χ3v) is 3.66. The van der Waals surface area contributed by atoms with E-state index in [-0.39, 0.29) is 23.9 Å². The Morgan fingerprint density at radius 2 is 2.12 bits per heavy atom. The van der Waals surface area contributed by atoms with Gasteiger partial charge in [-0.15, -0.1) is 0 Å². The molecule has 1 aliphatic heterocycles. The zero-order valence-corrected chi connectivity index (χ0v) is 10.7. The van der Waals surface area contributed by atoms with E-state index < -0.39 is 0 Å². The molecule has 0 aromatic heterocycles. The van der Waals surface area contributed by atoms with Gasteiger partial charge in [0.1, 0.15) is 0 Å². The second kappa shape index (κ2) is 6.21. The topological polar surface area (TPSA) is 50.4 Å². The Balaban J connectivity index is 2.45. The summed E-state index contributed by atoms with van der Waals surface area (Å²) in [5.74, 6) is 0.584. The van der Waals surface area contributed by atoms with Gasteiger partial charge in [-0.25, -0.2) is 0 Å². The van der Waals surface area contributed by atoms with E-state index in [0.29, 0.717) is 19.1 Å². The summed E-state index contributed by atoms with van der Waals surface area (Å²) in [6, 6.07) is 0.389. The van der Waals surface area contributed by atoms with Gasteiger partial charge in [-0.1, -0.05) is 20.3 Å². The zero-order chi connectivity index (χ0) is 12.1. The summed E-state index contributed by atoms with van der Waals surface area (Å²) in [5, 5.41) is 6.20. The molecule has 4 heteroatoms. The van der Waals surface area contributed by atoms with E-state index in [1.807, 2.05) is 7.05 Å². The third-order valence-electron chi connectivity index (χ3n) is 3.66. The number of ether oxygens (including phenoxy) is 1. The van der Waals surface area contributed by atoms with Crippen LogP contribution in [0.5, 0.6) is 0 Å². The molecule has 0 spiro atoms. The van der Waals surface area contributed by atoms with E-state index in [9.17, 15) is 4.79 Å². The minimum Gasteiger partial charge on any atom is -0.379 e. The molecule has 4 nitrogen and oxygen atoms in total. The van der Waals surface area contributed by atoms with Gasteiger partial charge in [-0.3, -0.25) is 4.79 Å². The Hall–Kier alpha value is -0.610. The summed E-state index contributed by atoms with van der Waals surface area (Å²) in [6.45, 7) is 7.53. The van der Waals surface area contributed by atoms with Gasteiger partial charge in [0.15, 0.2) is 0 Å². The van der Waals surface area contributed by atoms with Gasteiger partial charge in [-0.05, 0) is 19.9 Å². The van der Waals surface area contributed by atoms with E-state index in [2.05, 4.69) is 31.4 Å². The number of carbonyl (C=O) groups is 1. The van der Waals surface area contributed by atoms with Gasteiger partial charge >= 0.3 is 0 Å². The summed E-state index contributed by atoms with van der Waals surface area (Å²) < 4.78 is 5.33. The first-order chi connectivity index (χ1) is 7.60. The number of hydrogen-bond acceptors (Lipinski definition) is 3. The van der Waals surface area contributed by atoms with Crippen molar-refractivity contribution in [2.45, 2.75) is 39.3 Å². The summed E-state index contributed by atoms with van der Waals surface area (Å²) in [6.07, 6.45) is 1.08. The first-order valence-corrected chi connectivity index (χ1v) is 6.15. The summed E-state index contributed by atoms with van der Waals surface area (Å²) >= 11 is 0. The molecule has 0 aromatic rings. The molecule has 2 N–H and O–H groups in total. The molecule has 1 aliphatic rings. The van der Waals surface area contributed by atoms with Crippen molar-refractivity contribution in [2.24, 2.45) is 11.8 Å². The Labute approximate surface area is 98.1 Å². The first kappa shape index (κ1) is 13.5. The van der Waals surface area contributed by atoms with Crippen molar-refractivity contribution in [3.63, 3.8) is 0 Å². The summed E-state index contributed by atoms with van der Waals surface area (Å²) in [4.78, 5) is 12.0. The van der Waals surface area contributed by atoms with E-state index in [1.165, 1.54) is 0 Å². The highest BCUT2D eigenvalue weighted by atomic mass is 16.5. The molecule has 1 heterocycles. The smallest absolute Gasteiger partial charge is 0.227 e. The fourth-order valence-electron chi connectivity index (χ4n) is 1.92. The maximum atomic E-state index is 12.0. The van der Waals surface area contributed by atoms with E-state index in [0.717, 1.165) is 6.42 Å². The molecule has 4 unspecified atom stereocenters. The fraction of sp³-hybridized carbons (Fsp3) is 0.917. The summed E-state index contributed by atoms with van der Waals surface area (Å²) in [5.41, 5.74) is 0. The second-order valence-corrected chi connectivity index (χ2v) is 4.72. The zero-order valence-electron chi connectivity index (χ0n) is 10.7. The Kier molecular flexibility index (Phi) is 5.22. The predicted octanol–water partition coefficient (Wildman–Crippen LogP) is 0.772. The van der Waals surface area contributed by atoms with Crippen LogP contribution in [0.25, 0.3) is 0 Å². The highest BCUT2D eigenvalue weighted by Gasteiger charge is 2.33. The molecule has 1 rings (SSSR count). The highest BCUT2D eigenvalue weighted by Crippen LogP contribution is 2.15. The highest BCUT2D eigenvalue weighted by molar-refractivity contribution is 5.80. The predicted molar refractivity (Wildman–Crippen MR) is 64.2 cm³/mol. The maximum absolute atomic E-state index is 12.0. The second-order valence-electron chi connectivity index (χ2n) is 4.72. The molecule has 16 heavy (non-hydrogen) atoms. The van der Waals surface area contributed by atoms with Gasteiger partial charge in [0.2, 0.25) is 5.91 Å². The van der Waals surface area contributed by atoms with Crippen molar-refractivity contribution in [3.8, 4) is 0 Å². The number of likely N-dealkylation sites (N-methyl/N-ethyl adjacent to an activating group) is 1. The van der Waals surface area contributed by atoms with Gasteiger partial charge in [-0.2, -0.15) is 0 Å². The molecule has 1 amide bonds. The van der Waals surface area contributed by atoms with Crippen LogP contribution in [0, 0.1) is 11.8 Å². The van der Waals surface area contributed by atoms with Crippen LogP contribution in [0.2, 0.25) is 0 Å². The van der Waals surface area contributed by atoms with Crippen LogP contribution in [-0.2, 0) is 9.53 Å². The molecule has 4 atom stereocenters. The van der Waals surface area contributed by atoms with Crippen LogP contribution < -0.4 is 10.6 Å². The number of hydrogen-bond donors (Lipinski definition) is 2. The van der Waals surface area contributed by atoms with Crippen molar-refractivity contribution >= 4 is 5.91 Å². The SMILES string of the molecule is CCC(C)C(C)NC(=O)C1COCC1NC. The Morgan fingerprint density at radius 1 is 1.44 bits per heavy atom. The Bertz CT molecular complexity index is 233. The van der Waals surface area contributed by atoms with E-state index >= 15 is 0 Å². The molecule has 1 saturated heterocycles. The lowest BCUT2D eigenvalue weighted by Gasteiger charge is -2.23. The number of nitrogens with one attached hydrogen (secondary N) is 2. The summed E-state index contributed by atoms with van der Waals surface area (Å²) in [7, 11) is 1.87. The lowest BCUT2D eigenvalue weighted by atomic mass is 9.98. The van der Waals surface area contributed by atoms with Gasteiger partial charge in [0, 0.05) is 12.1 Å². The average molecular weight is 228 g/mol. The molecule has 0 aromatic carbocycles. The van der Waals surface area contributed by atoms with Crippen molar-refractivity contribution in [3.05, 3.63) is 0 Å². The van der Waals surface area contributed by atoms with E-state index in [1.54, 1.807) is 0 Å². The minimum atomic E-state index is -0.0449. The van der Waals surface area contributed by atoms with Gasteiger partial charge in [0.05, 0.1) is 19.1 Å². The van der Waals surface area contributed by atoms with Crippen LogP contribution >= 0.6 is 0 Å². The maximum Gasteiger partial charge on any atom is 0.227 e. The molecular formula is C12H24N2O2. The molecule has 0 aliphatic carbocycles. The minimum absolute atomic E-state index is 0.0449. The van der Waals surface area contributed by atoms with Crippen molar-refractivity contribution in [2.75, 3.05) is 20.3 Å². The molecular weight excluding hydrogens is 204 g/mol. The van der Waals surface area contributed by atoms with Crippen LogP contribution in [0.4, 0.5) is 0 Å². The monoisotopic (exact) mass is 228 g/mol. The lowest BCUT2D eigenvalue weighted by molar-refractivity contribution is -0.126. The van der Waals surface area contributed by atoms with Crippen molar-refractivity contribution < 1.29 is 9.53 Å². The average Bonchev–Trinajstić information content (AvgIpc) is 2.75. The standard InChI is InChI=1S/C12H24N2O2/c1-5-8(2)9(3)14-12(15)10-6-16-7-11(10)13-4/h8-11,13H,5-7H2,1-4H3,(H,14,15). The Morgan fingerprint density at radius 3 is 2.69 bits per heavy atom. The van der Waals surface area contributed by atoms with Gasteiger partial charge in [0.25, 0.3) is 0 Å². The number of rotatable bonds is 5. The molecule has 94 valence electrons. The number of amides is 1. The largest absolute Gasteiger partial charge is 0.379 e. The lowest BCUT2D eigenvalue weighted by Crippen LogP contribution is -2.46. The first-order valence-electron chi connectivity index (χ1n) is 6.15. The van der Waals surface area contributed by atoms with Gasteiger partial charge < -0.3 is 15.4 Å². The molecule has 0 bridgehead atoms. The van der Waals surface area contributed by atoms with Crippen LogP contribution in [0.1, 0.15) is 27.2 Å².